The smallest absolute Gasteiger partial charge is 0.195 e. The Hall–Kier alpha value is -4.96. The predicted octanol–water partition coefficient (Wildman–Crippen LogP) is 5.51. The van der Waals surface area contributed by atoms with Gasteiger partial charge in [-0.05, 0) is 32.3 Å². The highest BCUT2D eigenvalue weighted by molar-refractivity contribution is 6.40. The highest BCUT2D eigenvalue weighted by atomic mass is 16.1. The van der Waals surface area contributed by atoms with Crippen LogP contribution < -0.4 is 21.7 Å². The van der Waals surface area contributed by atoms with Crippen LogP contribution in [0, 0.1) is 0 Å². The second-order valence-corrected chi connectivity index (χ2v) is 9.36. The Kier molecular flexibility index (Phi) is 3.43. The Morgan fingerprint density at radius 3 is 0.722 bits per heavy atom. The molecule has 0 unspecified atom stereocenters. The first-order chi connectivity index (χ1) is 17.6. The average Bonchev–Trinajstić information content (AvgIpc) is 2.92. The Balaban J connectivity index is 1.86. The van der Waals surface area contributed by atoms with Gasteiger partial charge in [0.05, 0.1) is 0 Å². The van der Waals surface area contributed by atoms with Crippen LogP contribution in [0.1, 0.15) is 0 Å². The maximum absolute atomic E-state index is 13.8. The number of hydrogen-bond donors (Lipinski definition) is 0. The summed E-state index contributed by atoms with van der Waals surface area (Å²) in [6.07, 6.45) is 0. The third kappa shape index (κ3) is 2.07. The van der Waals surface area contributed by atoms with Crippen LogP contribution in [0.25, 0.3) is 75.4 Å². The number of benzene rings is 8. The van der Waals surface area contributed by atoms with Crippen molar-refractivity contribution < 1.29 is 0 Å². The molecule has 0 amide bonds. The Labute approximate surface area is 201 Å². The summed E-state index contributed by atoms with van der Waals surface area (Å²) in [5, 5.41) is 6.95. The SMILES string of the molecule is O=c1c2ccccc2c(=O)c2c3cccc4c5c(=O)c6ccccc6c(=O)c5c5cccc(c12)c5c34. The van der Waals surface area contributed by atoms with Gasteiger partial charge >= 0.3 is 0 Å². The molecule has 0 aliphatic rings. The Morgan fingerprint density at radius 1 is 0.250 bits per heavy atom. The Morgan fingerprint density at radius 2 is 0.472 bits per heavy atom. The fourth-order valence-electron chi connectivity index (χ4n) is 6.26. The molecule has 4 nitrogen and oxygen atoms in total. The highest BCUT2D eigenvalue weighted by Crippen LogP contribution is 2.42. The lowest BCUT2D eigenvalue weighted by Crippen LogP contribution is -2.16. The molecule has 0 spiro atoms. The maximum Gasteiger partial charge on any atom is 0.195 e. The third-order valence-electron chi connectivity index (χ3n) is 7.70. The van der Waals surface area contributed by atoms with Crippen molar-refractivity contribution in [3.8, 4) is 0 Å². The molecule has 0 fully saturated rings. The standard InChI is InChI=1S/C32H14O4/c33-29-15-7-1-2-8-16(15)30(34)26-20-12-6-14-22-24(20)23-19(25(26)29)11-5-13-21(23)27-28(22)32(36)18-10-4-3-9-17(18)31(27)35/h1-14H. The van der Waals surface area contributed by atoms with E-state index in [1.807, 2.05) is 24.3 Å². The molecule has 0 radical (unpaired) electrons. The normalized spacial score (nSPS) is 12.3. The van der Waals surface area contributed by atoms with Gasteiger partial charge in [0.15, 0.2) is 21.7 Å². The first kappa shape index (κ1) is 19.4. The minimum atomic E-state index is -0.208. The summed E-state index contributed by atoms with van der Waals surface area (Å²) in [4.78, 5) is 55.2. The van der Waals surface area contributed by atoms with Crippen molar-refractivity contribution in [3.63, 3.8) is 0 Å². The molecule has 0 aliphatic heterocycles. The van der Waals surface area contributed by atoms with Crippen LogP contribution in [0.2, 0.25) is 0 Å². The quantitative estimate of drug-likeness (QED) is 0.220. The maximum atomic E-state index is 13.8. The van der Waals surface area contributed by atoms with Crippen LogP contribution in [0.5, 0.6) is 0 Å². The van der Waals surface area contributed by atoms with E-state index in [-0.39, 0.29) is 21.7 Å². The second kappa shape index (κ2) is 6.37. The van der Waals surface area contributed by atoms with Crippen molar-refractivity contribution in [2.24, 2.45) is 0 Å². The molecule has 0 aromatic heterocycles. The molecular weight excluding hydrogens is 448 g/mol. The van der Waals surface area contributed by atoms with Crippen LogP contribution in [0.3, 0.4) is 0 Å². The summed E-state index contributed by atoms with van der Waals surface area (Å²) in [7, 11) is 0. The lowest BCUT2D eigenvalue weighted by Gasteiger charge is -2.17. The van der Waals surface area contributed by atoms with E-state index in [2.05, 4.69) is 0 Å². The van der Waals surface area contributed by atoms with Gasteiger partial charge in [0.1, 0.15) is 0 Å². The molecule has 8 rings (SSSR count). The molecule has 0 aliphatic carbocycles. The third-order valence-corrected chi connectivity index (χ3v) is 7.70. The molecule has 0 heterocycles. The summed E-state index contributed by atoms with van der Waals surface area (Å²) in [6, 6.07) is 24.7. The van der Waals surface area contributed by atoms with Crippen molar-refractivity contribution in [1.29, 1.82) is 0 Å². The summed E-state index contributed by atoms with van der Waals surface area (Å²) >= 11 is 0. The lowest BCUT2D eigenvalue weighted by molar-refractivity contribution is 1.68. The number of hydrogen-bond acceptors (Lipinski definition) is 4. The molecule has 4 heteroatoms. The van der Waals surface area contributed by atoms with Gasteiger partial charge in [-0.3, -0.25) is 19.2 Å². The average molecular weight is 462 g/mol. The summed E-state index contributed by atoms with van der Waals surface area (Å²) in [5.74, 6) is 0. The van der Waals surface area contributed by atoms with E-state index in [9.17, 15) is 19.2 Å². The van der Waals surface area contributed by atoms with Crippen molar-refractivity contribution in [3.05, 3.63) is 126 Å². The molecular formula is C32H14O4. The monoisotopic (exact) mass is 462 g/mol. The van der Waals surface area contributed by atoms with Gasteiger partial charge in [-0.25, -0.2) is 0 Å². The molecule has 36 heavy (non-hydrogen) atoms. The van der Waals surface area contributed by atoms with Gasteiger partial charge < -0.3 is 0 Å². The van der Waals surface area contributed by atoms with Gasteiger partial charge in [0.25, 0.3) is 0 Å². The molecule has 0 saturated carbocycles. The van der Waals surface area contributed by atoms with E-state index < -0.39 is 0 Å². The van der Waals surface area contributed by atoms with E-state index in [0.29, 0.717) is 64.6 Å². The van der Waals surface area contributed by atoms with E-state index in [1.165, 1.54) is 0 Å². The zero-order valence-electron chi connectivity index (χ0n) is 18.7. The van der Waals surface area contributed by atoms with Crippen LogP contribution in [-0.2, 0) is 0 Å². The molecule has 0 N–H and O–H groups in total. The topological polar surface area (TPSA) is 68.3 Å². The number of rotatable bonds is 0. The predicted molar refractivity (Wildman–Crippen MR) is 148 cm³/mol. The van der Waals surface area contributed by atoms with Crippen molar-refractivity contribution in [2.45, 2.75) is 0 Å². The van der Waals surface area contributed by atoms with E-state index in [0.717, 1.165) is 10.8 Å². The second-order valence-electron chi connectivity index (χ2n) is 9.36. The minimum Gasteiger partial charge on any atom is -0.289 e. The molecule has 0 bridgehead atoms. The largest absolute Gasteiger partial charge is 0.289 e. The summed E-state index contributed by atoms with van der Waals surface area (Å²) < 4.78 is 0. The highest BCUT2D eigenvalue weighted by Gasteiger charge is 2.24. The van der Waals surface area contributed by atoms with Crippen LogP contribution in [0.4, 0.5) is 0 Å². The zero-order chi connectivity index (χ0) is 24.3. The van der Waals surface area contributed by atoms with E-state index in [4.69, 9.17) is 0 Å². The van der Waals surface area contributed by atoms with Crippen LogP contribution in [0.15, 0.2) is 104 Å². The van der Waals surface area contributed by atoms with Crippen molar-refractivity contribution in [2.75, 3.05) is 0 Å². The minimum absolute atomic E-state index is 0.208. The molecule has 166 valence electrons. The van der Waals surface area contributed by atoms with Crippen LogP contribution >= 0.6 is 0 Å². The van der Waals surface area contributed by atoms with Crippen molar-refractivity contribution in [1.82, 2.24) is 0 Å². The molecule has 0 saturated heterocycles. The fraction of sp³-hybridized carbons (Fsp3) is 0. The van der Waals surface area contributed by atoms with E-state index >= 15 is 0 Å². The fourth-order valence-corrected chi connectivity index (χ4v) is 6.26. The van der Waals surface area contributed by atoms with Gasteiger partial charge in [-0.15, -0.1) is 0 Å². The molecule has 0 atom stereocenters. The van der Waals surface area contributed by atoms with Crippen LogP contribution in [-0.4, -0.2) is 0 Å². The van der Waals surface area contributed by atoms with E-state index in [1.54, 1.807) is 60.7 Å². The van der Waals surface area contributed by atoms with Crippen molar-refractivity contribution >= 4 is 75.4 Å². The summed E-state index contributed by atoms with van der Waals surface area (Å²) in [5.41, 5.74) is -0.830. The Bertz CT molecular complexity index is 2150. The van der Waals surface area contributed by atoms with Gasteiger partial charge in [0, 0.05) is 43.1 Å². The number of fused-ring (bicyclic) bond motifs is 8. The molecule has 8 aromatic carbocycles. The lowest BCUT2D eigenvalue weighted by atomic mass is 9.84. The van der Waals surface area contributed by atoms with Gasteiger partial charge in [0.2, 0.25) is 0 Å². The van der Waals surface area contributed by atoms with Gasteiger partial charge in [-0.2, -0.15) is 0 Å². The first-order valence-electron chi connectivity index (χ1n) is 11.7. The first-order valence-corrected chi connectivity index (χ1v) is 11.7. The van der Waals surface area contributed by atoms with Gasteiger partial charge in [-0.1, -0.05) is 84.9 Å². The zero-order valence-corrected chi connectivity index (χ0v) is 18.7. The molecule has 8 aromatic rings. The summed E-state index contributed by atoms with van der Waals surface area (Å²) in [6.45, 7) is 0.